The molecule has 2 nitrogen and oxygen atoms in total. The number of nitrogens with zero attached hydrogens (tertiary/aromatic N) is 1. The average Bonchev–Trinajstić information content (AvgIpc) is 2.17. The van der Waals surface area contributed by atoms with Crippen LogP contribution in [0.5, 0.6) is 0 Å². The van der Waals surface area contributed by atoms with Gasteiger partial charge in [-0.1, -0.05) is 20.3 Å². The predicted octanol–water partition coefficient (Wildman–Crippen LogP) is 1.49. The molecule has 0 bridgehead atoms. The molecule has 0 spiro atoms. The molecule has 0 radical (unpaired) electrons. The fourth-order valence-corrected chi connectivity index (χ4v) is 2.84. The lowest BCUT2D eigenvalue weighted by atomic mass is 9.99. The van der Waals surface area contributed by atoms with Gasteiger partial charge in [0.2, 0.25) is 0 Å². The summed E-state index contributed by atoms with van der Waals surface area (Å²) in [6.45, 7) is 8.89. The Balaban J connectivity index is 2.39. The molecule has 1 aliphatic heterocycles. The molecule has 1 rings (SSSR count). The molecule has 2 atom stereocenters. The zero-order valence-corrected chi connectivity index (χ0v) is 9.77. The van der Waals surface area contributed by atoms with Gasteiger partial charge in [0.05, 0.1) is 0 Å². The van der Waals surface area contributed by atoms with Crippen LogP contribution in [0.15, 0.2) is 0 Å². The normalized spacial score (nSPS) is 25.8. The van der Waals surface area contributed by atoms with Gasteiger partial charge < -0.3 is 0 Å². The van der Waals surface area contributed by atoms with E-state index in [1.807, 2.05) is 0 Å². The second kappa shape index (κ2) is 5.11. The molecular formula is C10H21NOS. The summed E-state index contributed by atoms with van der Waals surface area (Å²) < 4.78 is 11.2. The van der Waals surface area contributed by atoms with Gasteiger partial charge >= 0.3 is 0 Å². The first-order valence-electron chi connectivity index (χ1n) is 5.24. The van der Waals surface area contributed by atoms with Gasteiger partial charge in [0.15, 0.2) is 0 Å². The standard InChI is InChI=1S/C10H21NOS/c1-4-9(2)10(3)11-5-7-13(12)8-6-11/h9-10H,4-8H2,1-3H3. The molecule has 0 amide bonds. The molecule has 0 saturated carbocycles. The maximum absolute atomic E-state index is 11.2. The van der Waals surface area contributed by atoms with Crippen LogP contribution < -0.4 is 0 Å². The summed E-state index contributed by atoms with van der Waals surface area (Å²) in [5.74, 6) is 2.51. The minimum atomic E-state index is -0.534. The highest BCUT2D eigenvalue weighted by Crippen LogP contribution is 2.15. The third kappa shape index (κ3) is 3.06. The summed E-state index contributed by atoms with van der Waals surface area (Å²) in [7, 11) is -0.534. The minimum absolute atomic E-state index is 0.534. The van der Waals surface area contributed by atoms with E-state index in [1.54, 1.807) is 0 Å². The van der Waals surface area contributed by atoms with Crippen LogP contribution in [0.4, 0.5) is 0 Å². The molecule has 1 saturated heterocycles. The molecule has 3 heteroatoms. The molecule has 0 aromatic heterocycles. The van der Waals surface area contributed by atoms with Gasteiger partial charge in [-0.05, 0) is 12.8 Å². The Morgan fingerprint density at radius 3 is 2.31 bits per heavy atom. The van der Waals surface area contributed by atoms with Crippen LogP contribution in [0.1, 0.15) is 27.2 Å². The largest absolute Gasteiger partial charge is 0.299 e. The van der Waals surface area contributed by atoms with Crippen LogP contribution in [-0.2, 0) is 10.8 Å². The van der Waals surface area contributed by atoms with Crippen molar-refractivity contribution in [1.82, 2.24) is 4.90 Å². The Morgan fingerprint density at radius 1 is 1.31 bits per heavy atom. The Labute approximate surface area is 84.2 Å². The van der Waals surface area contributed by atoms with E-state index < -0.39 is 10.8 Å². The summed E-state index contributed by atoms with van der Waals surface area (Å²) in [5, 5.41) is 0. The topological polar surface area (TPSA) is 20.3 Å². The number of hydrogen-bond acceptors (Lipinski definition) is 2. The SMILES string of the molecule is CCC(C)C(C)N1CCS(=O)CC1. The lowest BCUT2D eigenvalue weighted by molar-refractivity contribution is 0.173. The molecule has 0 N–H and O–H groups in total. The van der Waals surface area contributed by atoms with Crippen LogP contribution in [0, 0.1) is 5.92 Å². The summed E-state index contributed by atoms with van der Waals surface area (Å²) in [4.78, 5) is 2.48. The lowest BCUT2D eigenvalue weighted by Crippen LogP contribution is -2.45. The number of hydrogen-bond donors (Lipinski definition) is 0. The maximum atomic E-state index is 11.2. The van der Waals surface area contributed by atoms with Gasteiger partial charge in [-0.15, -0.1) is 0 Å². The molecule has 1 heterocycles. The fraction of sp³-hybridized carbons (Fsp3) is 1.00. The molecule has 2 unspecified atom stereocenters. The number of rotatable bonds is 3. The van der Waals surface area contributed by atoms with Crippen LogP contribution in [-0.4, -0.2) is 39.7 Å². The Kier molecular flexibility index (Phi) is 4.39. The Morgan fingerprint density at radius 2 is 1.85 bits per heavy atom. The van der Waals surface area contributed by atoms with Crippen molar-refractivity contribution in [2.75, 3.05) is 24.6 Å². The van der Waals surface area contributed by atoms with E-state index in [-0.39, 0.29) is 0 Å². The van der Waals surface area contributed by atoms with Crippen molar-refractivity contribution in [3.05, 3.63) is 0 Å². The van der Waals surface area contributed by atoms with E-state index in [1.165, 1.54) is 6.42 Å². The second-order valence-corrected chi connectivity index (χ2v) is 5.71. The van der Waals surface area contributed by atoms with E-state index in [4.69, 9.17) is 0 Å². The van der Waals surface area contributed by atoms with Crippen LogP contribution >= 0.6 is 0 Å². The molecule has 1 aliphatic rings. The van der Waals surface area contributed by atoms with Crippen LogP contribution in [0.2, 0.25) is 0 Å². The molecule has 0 aromatic carbocycles. The van der Waals surface area contributed by atoms with Crippen molar-refractivity contribution < 1.29 is 4.21 Å². The third-order valence-corrected chi connectivity index (χ3v) is 4.53. The van der Waals surface area contributed by atoms with Crippen molar-refractivity contribution in [3.8, 4) is 0 Å². The highest BCUT2D eigenvalue weighted by Gasteiger charge is 2.22. The summed E-state index contributed by atoms with van der Waals surface area (Å²) in [5.41, 5.74) is 0. The Hall–Kier alpha value is 0.110. The van der Waals surface area contributed by atoms with Crippen molar-refractivity contribution in [2.24, 2.45) is 5.92 Å². The van der Waals surface area contributed by atoms with Gasteiger partial charge in [0, 0.05) is 41.4 Å². The van der Waals surface area contributed by atoms with E-state index in [0.717, 1.165) is 30.5 Å². The van der Waals surface area contributed by atoms with Gasteiger partial charge in [0.1, 0.15) is 0 Å². The van der Waals surface area contributed by atoms with Crippen molar-refractivity contribution >= 4 is 10.8 Å². The smallest absolute Gasteiger partial charge is 0.0363 e. The van der Waals surface area contributed by atoms with Gasteiger partial charge in [0.25, 0.3) is 0 Å². The maximum Gasteiger partial charge on any atom is 0.0363 e. The minimum Gasteiger partial charge on any atom is -0.299 e. The molecule has 13 heavy (non-hydrogen) atoms. The van der Waals surface area contributed by atoms with Crippen molar-refractivity contribution in [2.45, 2.75) is 33.2 Å². The molecular weight excluding hydrogens is 182 g/mol. The third-order valence-electron chi connectivity index (χ3n) is 3.26. The van der Waals surface area contributed by atoms with Gasteiger partial charge in [-0.25, -0.2) is 0 Å². The average molecular weight is 203 g/mol. The lowest BCUT2D eigenvalue weighted by Gasteiger charge is -2.35. The zero-order valence-electron chi connectivity index (χ0n) is 8.95. The second-order valence-electron chi connectivity index (χ2n) is 4.01. The monoisotopic (exact) mass is 203 g/mol. The fourth-order valence-electron chi connectivity index (χ4n) is 1.76. The quantitative estimate of drug-likeness (QED) is 0.692. The van der Waals surface area contributed by atoms with Gasteiger partial charge in [-0.2, -0.15) is 0 Å². The van der Waals surface area contributed by atoms with Gasteiger partial charge in [-0.3, -0.25) is 9.11 Å². The van der Waals surface area contributed by atoms with Crippen LogP contribution in [0.3, 0.4) is 0 Å². The first-order valence-corrected chi connectivity index (χ1v) is 6.73. The Bertz CT molecular complexity index is 174. The zero-order chi connectivity index (χ0) is 9.84. The molecule has 1 fully saturated rings. The summed E-state index contributed by atoms with van der Waals surface area (Å²) in [6, 6.07) is 0.655. The van der Waals surface area contributed by atoms with E-state index in [2.05, 4.69) is 25.7 Å². The molecule has 0 aliphatic carbocycles. The highest BCUT2D eigenvalue weighted by molar-refractivity contribution is 7.85. The summed E-state index contributed by atoms with van der Waals surface area (Å²) in [6.07, 6.45) is 1.24. The first kappa shape index (κ1) is 11.2. The predicted molar refractivity (Wildman–Crippen MR) is 58.4 cm³/mol. The highest BCUT2D eigenvalue weighted by atomic mass is 32.2. The first-order chi connectivity index (χ1) is 6.15. The van der Waals surface area contributed by atoms with Crippen LogP contribution in [0.25, 0.3) is 0 Å². The van der Waals surface area contributed by atoms with Crippen molar-refractivity contribution in [1.29, 1.82) is 0 Å². The van der Waals surface area contributed by atoms with E-state index >= 15 is 0 Å². The molecule has 0 aromatic rings. The van der Waals surface area contributed by atoms with E-state index in [9.17, 15) is 4.21 Å². The van der Waals surface area contributed by atoms with E-state index in [0.29, 0.717) is 6.04 Å². The summed E-state index contributed by atoms with van der Waals surface area (Å²) >= 11 is 0. The van der Waals surface area contributed by atoms with Crippen molar-refractivity contribution in [3.63, 3.8) is 0 Å². The molecule has 78 valence electrons.